The lowest BCUT2D eigenvalue weighted by Gasteiger charge is -2.13. The number of fused-ring (bicyclic) bond motifs is 2. The molecule has 4 aromatic rings. The fourth-order valence-electron chi connectivity index (χ4n) is 3.42. The Morgan fingerprint density at radius 1 is 1.12 bits per heavy atom. The first-order chi connectivity index (χ1) is 15.5. The first kappa shape index (κ1) is 22.5. The molecule has 0 saturated carbocycles. The monoisotopic (exact) mass is 470 g/mol. The van der Waals surface area contributed by atoms with Crippen LogP contribution in [0.25, 0.3) is 16.6 Å². The molecule has 0 aliphatic heterocycles. The maximum atomic E-state index is 13.2. The highest BCUT2D eigenvalue weighted by Crippen LogP contribution is 2.23. The van der Waals surface area contributed by atoms with Crippen molar-refractivity contribution in [3.63, 3.8) is 0 Å². The number of thioether (sulfide) groups is 1. The lowest BCUT2D eigenvalue weighted by molar-refractivity contribution is 0.140. The van der Waals surface area contributed by atoms with Crippen molar-refractivity contribution in [2.75, 3.05) is 13.2 Å². The summed E-state index contributed by atoms with van der Waals surface area (Å²) in [5, 5.41) is 1.61. The summed E-state index contributed by atoms with van der Waals surface area (Å²) in [6, 6.07) is 10.4. The Kier molecular flexibility index (Phi) is 6.93. The molecule has 4 rings (SSSR count). The van der Waals surface area contributed by atoms with Crippen LogP contribution in [-0.2, 0) is 17.0 Å². The number of halogens is 1. The van der Waals surface area contributed by atoms with E-state index in [4.69, 9.17) is 21.3 Å². The Labute approximate surface area is 194 Å². The lowest BCUT2D eigenvalue weighted by Crippen LogP contribution is -2.24. The molecule has 0 spiro atoms. The van der Waals surface area contributed by atoms with Gasteiger partial charge >= 0.3 is 0 Å². The van der Waals surface area contributed by atoms with Gasteiger partial charge in [0.25, 0.3) is 11.1 Å². The van der Waals surface area contributed by atoms with Gasteiger partial charge in [0.05, 0.1) is 16.6 Å². The third-order valence-electron chi connectivity index (χ3n) is 4.97. The van der Waals surface area contributed by atoms with Crippen LogP contribution in [-0.4, -0.2) is 32.1 Å². The molecule has 0 atom stereocenters. The Morgan fingerprint density at radius 3 is 2.78 bits per heavy atom. The van der Waals surface area contributed by atoms with Gasteiger partial charge in [0.15, 0.2) is 5.16 Å². The number of ether oxygens (including phenoxy) is 1. The van der Waals surface area contributed by atoms with Crippen molar-refractivity contribution in [1.82, 2.24) is 18.9 Å². The van der Waals surface area contributed by atoms with Crippen molar-refractivity contribution < 1.29 is 4.74 Å². The number of benzene rings is 1. The van der Waals surface area contributed by atoms with Gasteiger partial charge in [0.2, 0.25) is 0 Å². The second-order valence-electron chi connectivity index (χ2n) is 7.37. The highest BCUT2D eigenvalue weighted by Gasteiger charge is 2.13. The van der Waals surface area contributed by atoms with Crippen molar-refractivity contribution in [2.24, 2.45) is 0 Å². The molecule has 0 N–H and O–H groups in total. The van der Waals surface area contributed by atoms with Gasteiger partial charge in [0.1, 0.15) is 5.65 Å². The first-order valence-electron chi connectivity index (χ1n) is 10.4. The van der Waals surface area contributed by atoms with Crippen LogP contribution in [0.2, 0.25) is 5.02 Å². The standard InChI is InChI=1S/C23H23ClN4O3S/c1-3-31-10-4-9-27-22(30)18-7-6-16(24)11-19(18)26-23(27)32-14-17-12-21(29)28-13-15(2)5-8-20(28)25-17/h5-8,11-13H,3-4,9-10,14H2,1-2H3. The van der Waals surface area contributed by atoms with Crippen LogP contribution in [0.4, 0.5) is 0 Å². The third-order valence-corrected chi connectivity index (χ3v) is 6.21. The first-order valence-corrected chi connectivity index (χ1v) is 11.7. The van der Waals surface area contributed by atoms with Gasteiger partial charge in [0, 0.05) is 42.8 Å². The van der Waals surface area contributed by atoms with Crippen LogP contribution in [0.3, 0.4) is 0 Å². The second-order valence-corrected chi connectivity index (χ2v) is 8.75. The van der Waals surface area contributed by atoms with Gasteiger partial charge in [-0.25, -0.2) is 9.97 Å². The second kappa shape index (κ2) is 9.85. The Hall–Kier alpha value is -2.68. The Morgan fingerprint density at radius 2 is 1.97 bits per heavy atom. The Bertz CT molecular complexity index is 1400. The zero-order valence-electron chi connectivity index (χ0n) is 17.9. The molecule has 9 heteroatoms. The van der Waals surface area contributed by atoms with Crippen molar-refractivity contribution in [1.29, 1.82) is 0 Å². The fourth-order valence-corrected chi connectivity index (χ4v) is 4.51. The number of aromatic nitrogens is 4. The topological polar surface area (TPSA) is 78.5 Å². The number of hydrogen-bond acceptors (Lipinski definition) is 6. The number of rotatable bonds is 8. The maximum Gasteiger partial charge on any atom is 0.262 e. The molecule has 3 heterocycles. The molecular formula is C23H23ClN4O3S. The summed E-state index contributed by atoms with van der Waals surface area (Å²) >= 11 is 7.50. The van der Waals surface area contributed by atoms with E-state index in [1.165, 1.54) is 22.2 Å². The molecule has 0 bridgehead atoms. The molecule has 0 amide bonds. The van der Waals surface area contributed by atoms with Gasteiger partial charge in [-0.3, -0.25) is 18.6 Å². The average Bonchev–Trinajstić information content (AvgIpc) is 2.77. The van der Waals surface area contributed by atoms with E-state index < -0.39 is 0 Å². The van der Waals surface area contributed by atoms with Crippen molar-refractivity contribution >= 4 is 39.9 Å². The molecule has 0 radical (unpaired) electrons. The number of nitrogens with zero attached hydrogens (tertiary/aromatic N) is 4. The van der Waals surface area contributed by atoms with Crippen molar-refractivity contribution in [3.05, 3.63) is 79.6 Å². The molecule has 0 fully saturated rings. The largest absolute Gasteiger partial charge is 0.382 e. The highest BCUT2D eigenvalue weighted by molar-refractivity contribution is 7.98. The Balaban J connectivity index is 1.67. The number of hydrogen-bond donors (Lipinski definition) is 0. The highest BCUT2D eigenvalue weighted by atomic mass is 35.5. The average molecular weight is 471 g/mol. The van der Waals surface area contributed by atoms with E-state index in [0.717, 1.165) is 5.56 Å². The van der Waals surface area contributed by atoms with Gasteiger partial charge in [-0.2, -0.15) is 0 Å². The SMILES string of the molecule is CCOCCCn1c(SCc2cc(=O)n3cc(C)ccc3n2)nc2cc(Cl)ccc2c1=O. The summed E-state index contributed by atoms with van der Waals surface area (Å²) < 4.78 is 8.62. The van der Waals surface area contributed by atoms with E-state index >= 15 is 0 Å². The van der Waals surface area contributed by atoms with Crippen LogP contribution in [0.5, 0.6) is 0 Å². The summed E-state index contributed by atoms with van der Waals surface area (Å²) in [5.41, 5.74) is 2.50. The third kappa shape index (κ3) is 4.87. The maximum absolute atomic E-state index is 13.2. The minimum absolute atomic E-state index is 0.118. The van der Waals surface area contributed by atoms with E-state index in [1.807, 2.05) is 26.0 Å². The predicted molar refractivity (Wildman–Crippen MR) is 128 cm³/mol. The molecule has 1 aromatic carbocycles. The molecule has 7 nitrogen and oxygen atoms in total. The van der Waals surface area contributed by atoms with Crippen LogP contribution < -0.4 is 11.1 Å². The normalized spacial score (nSPS) is 11.5. The van der Waals surface area contributed by atoms with Crippen molar-refractivity contribution in [3.8, 4) is 0 Å². The molecule has 0 saturated heterocycles. The minimum Gasteiger partial charge on any atom is -0.382 e. The fraction of sp³-hybridized carbons (Fsp3) is 0.304. The summed E-state index contributed by atoms with van der Waals surface area (Å²) in [5.74, 6) is 0.406. The summed E-state index contributed by atoms with van der Waals surface area (Å²) in [4.78, 5) is 35.0. The summed E-state index contributed by atoms with van der Waals surface area (Å²) in [6.45, 7) is 5.55. The van der Waals surface area contributed by atoms with Crippen molar-refractivity contribution in [2.45, 2.75) is 37.7 Å². The minimum atomic E-state index is -0.137. The lowest BCUT2D eigenvalue weighted by atomic mass is 10.2. The number of pyridine rings is 1. The van der Waals surface area contributed by atoms with E-state index in [2.05, 4.69) is 4.98 Å². The molecule has 3 aromatic heterocycles. The van der Waals surface area contributed by atoms with E-state index in [0.29, 0.717) is 64.4 Å². The van der Waals surface area contributed by atoms with Crippen LogP contribution in [0, 0.1) is 6.92 Å². The smallest absolute Gasteiger partial charge is 0.262 e. The summed E-state index contributed by atoms with van der Waals surface area (Å²) in [6.07, 6.45) is 2.46. The quantitative estimate of drug-likeness (QED) is 0.219. The van der Waals surface area contributed by atoms with Crippen LogP contribution in [0.1, 0.15) is 24.6 Å². The zero-order chi connectivity index (χ0) is 22.7. The van der Waals surface area contributed by atoms with Crippen LogP contribution >= 0.6 is 23.4 Å². The zero-order valence-corrected chi connectivity index (χ0v) is 19.4. The molecular weight excluding hydrogens is 448 g/mol. The van der Waals surface area contributed by atoms with Gasteiger partial charge < -0.3 is 4.74 Å². The van der Waals surface area contributed by atoms with Gasteiger partial charge in [-0.15, -0.1) is 0 Å². The molecule has 0 unspecified atom stereocenters. The molecule has 0 aliphatic rings. The predicted octanol–water partition coefficient (Wildman–Crippen LogP) is 4.09. The molecule has 0 aliphatic carbocycles. The summed E-state index contributed by atoms with van der Waals surface area (Å²) in [7, 11) is 0. The van der Waals surface area contributed by atoms with E-state index in [9.17, 15) is 9.59 Å². The van der Waals surface area contributed by atoms with E-state index in [-0.39, 0.29) is 11.1 Å². The molecule has 166 valence electrons. The van der Waals surface area contributed by atoms with E-state index in [1.54, 1.807) is 29.0 Å². The molecule has 32 heavy (non-hydrogen) atoms. The number of aryl methyl sites for hydroxylation is 1. The van der Waals surface area contributed by atoms with Gasteiger partial charge in [-0.05, 0) is 50.1 Å². The van der Waals surface area contributed by atoms with Crippen LogP contribution in [0.15, 0.2) is 57.3 Å². The van der Waals surface area contributed by atoms with Gasteiger partial charge in [-0.1, -0.05) is 29.4 Å².